The fourth-order valence-corrected chi connectivity index (χ4v) is 4.25. The molecule has 8 nitrogen and oxygen atoms in total. The maximum absolute atomic E-state index is 13.4. The number of halogens is 3. The normalized spacial score (nSPS) is 12.8. The number of pyridine rings is 1. The van der Waals surface area contributed by atoms with Crippen LogP contribution in [0.1, 0.15) is 18.1 Å². The second-order valence-corrected chi connectivity index (χ2v) is 8.56. The number of para-hydroxylation sites is 1. The fraction of sp³-hybridized carbons (Fsp3) is 0.190. The standard InChI is InChI=1S/C21H16F3N5O3S/c1-11-9-18-26-27-20(28(18)17-6-4-3-5-14(11)17)33-12(2)19(30)25-16-8-7-13(29(31)32)10-15(16)21(22,23)24/h3-10,12H,1-2H3,(H,25,30). The van der Waals surface area contributed by atoms with Crippen molar-refractivity contribution in [3.63, 3.8) is 0 Å². The number of hydrogen-bond acceptors (Lipinski definition) is 6. The van der Waals surface area contributed by atoms with E-state index in [1.807, 2.05) is 37.3 Å². The molecule has 4 rings (SSSR count). The number of benzene rings is 2. The van der Waals surface area contributed by atoms with Gasteiger partial charge in [0.05, 0.1) is 26.9 Å². The number of amides is 1. The molecule has 12 heteroatoms. The predicted molar refractivity (Wildman–Crippen MR) is 117 cm³/mol. The number of aromatic nitrogens is 3. The summed E-state index contributed by atoms with van der Waals surface area (Å²) in [5.74, 6) is -0.715. The second-order valence-electron chi connectivity index (χ2n) is 7.25. The summed E-state index contributed by atoms with van der Waals surface area (Å²) in [6, 6.07) is 11.6. The Hall–Kier alpha value is -3.67. The number of non-ortho nitro benzene ring substituents is 1. The Balaban J connectivity index is 1.63. The zero-order chi connectivity index (χ0) is 23.9. The van der Waals surface area contributed by atoms with Crippen LogP contribution in [0.2, 0.25) is 0 Å². The minimum atomic E-state index is -4.88. The molecular formula is C21H16F3N5O3S. The van der Waals surface area contributed by atoms with Crippen molar-refractivity contribution in [2.24, 2.45) is 0 Å². The topological polar surface area (TPSA) is 102 Å². The Bertz CT molecular complexity index is 1400. The molecule has 1 amide bonds. The van der Waals surface area contributed by atoms with Crippen LogP contribution < -0.4 is 5.32 Å². The van der Waals surface area contributed by atoms with Crippen LogP contribution in [0.15, 0.2) is 53.7 Å². The van der Waals surface area contributed by atoms with Crippen molar-refractivity contribution in [1.82, 2.24) is 14.6 Å². The van der Waals surface area contributed by atoms with Gasteiger partial charge in [-0.1, -0.05) is 30.0 Å². The van der Waals surface area contributed by atoms with Crippen molar-refractivity contribution >= 4 is 45.6 Å². The third-order valence-corrected chi connectivity index (χ3v) is 6.05. The van der Waals surface area contributed by atoms with E-state index in [1.54, 1.807) is 4.40 Å². The molecule has 1 N–H and O–H groups in total. The fourth-order valence-electron chi connectivity index (χ4n) is 3.39. The van der Waals surface area contributed by atoms with Gasteiger partial charge in [0.25, 0.3) is 5.69 Å². The number of nitro groups is 1. The number of rotatable bonds is 5. The average molecular weight is 475 g/mol. The number of nitrogens with zero attached hydrogens (tertiary/aromatic N) is 4. The Morgan fingerprint density at radius 3 is 2.61 bits per heavy atom. The van der Waals surface area contributed by atoms with Crippen molar-refractivity contribution in [2.75, 3.05) is 5.32 Å². The number of alkyl halides is 3. The summed E-state index contributed by atoms with van der Waals surface area (Å²) in [5, 5.41) is 21.9. The molecule has 1 atom stereocenters. The van der Waals surface area contributed by atoms with Crippen molar-refractivity contribution in [3.05, 3.63) is 69.8 Å². The number of thioether (sulfide) groups is 1. The van der Waals surface area contributed by atoms with Crippen LogP contribution >= 0.6 is 11.8 Å². The molecular weight excluding hydrogens is 459 g/mol. The van der Waals surface area contributed by atoms with Crippen LogP contribution in [0.5, 0.6) is 0 Å². The van der Waals surface area contributed by atoms with E-state index >= 15 is 0 Å². The van der Waals surface area contributed by atoms with Gasteiger partial charge in [0.2, 0.25) is 5.91 Å². The lowest BCUT2D eigenvalue weighted by Gasteiger charge is -2.16. The summed E-state index contributed by atoms with van der Waals surface area (Å²) in [6.45, 7) is 3.47. The summed E-state index contributed by atoms with van der Waals surface area (Å²) >= 11 is 1.04. The molecule has 2 aromatic heterocycles. The predicted octanol–water partition coefficient (Wildman–Crippen LogP) is 5.24. The molecule has 0 aliphatic rings. The van der Waals surface area contributed by atoms with Gasteiger partial charge in [0, 0.05) is 17.5 Å². The largest absolute Gasteiger partial charge is 0.418 e. The first-order valence-corrected chi connectivity index (χ1v) is 10.5. The highest BCUT2D eigenvalue weighted by molar-refractivity contribution is 8.00. The molecule has 2 aromatic carbocycles. The highest BCUT2D eigenvalue weighted by Gasteiger charge is 2.36. The molecule has 33 heavy (non-hydrogen) atoms. The van der Waals surface area contributed by atoms with Gasteiger partial charge < -0.3 is 5.32 Å². The van der Waals surface area contributed by atoms with Crippen LogP contribution in [0, 0.1) is 17.0 Å². The lowest BCUT2D eigenvalue weighted by atomic mass is 10.1. The maximum Gasteiger partial charge on any atom is 0.418 e. The highest BCUT2D eigenvalue weighted by atomic mass is 32.2. The average Bonchev–Trinajstić information content (AvgIpc) is 3.15. The number of carbonyl (C=O) groups is 1. The first kappa shape index (κ1) is 22.5. The molecule has 0 spiro atoms. The lowest BCUT2D eigenvalue weighted by molar-refractivity contribution is -0.385. The van der Waals surface area contributed by atoms with Crippen molar-refractivity contribution in [3.8, 4) is 0 Å². The number of anilines is 1. The quantitative estimate of drug-likeness (QED) is 0.241. The van der Waals surface area contributed by atoms with E-state index in [0.717, 1.165) is 40.4 Å². The van der Waals surface area contributed by atoms with Crippen LogP contribution in [0.25, 0.3) is 16.6 Å². The molecule has 0 aliphatic carbocycles. The summed E-state index contributed by atoms with van der Waals surface area (Å²) < 4.78 is 42.0. The third kappa shape index (κ3) is 4.33. The molecule has 0 bridgehead atoms. The first-order chi connectivity index (χ1) is 15.6. The summed E-state index contributed by atoms with van der Waals surface area (Å²) in [4.78, 5) is 22.6. The molecule has 2 heterocycles. The smallest absolute Gasteiger partial charge is 0.325 e. The summed E-state index contributed by atoms with van der Waals surface area (Å²) in [7, 11) is 0. The van der Waals surface area contributed by atoms with E-state index in [2.05, 4.69) is 15.5 Å². The second kappa shape index (κ2) is 8.35. The molecule has 4 aromatic rings. The minimum Gasteiger partial charge on any atom is -0.325 e. The van der Waals surface area contributed by atoms with Crippen molar-refractivity contribution in [2.45, 2.75) is 30.4 Å². The number of nitrogens with one attached hydrogen (secondary N) is 1. The highest BCUT2D eigenvalue weighted by Crippen LogP contribution is 2.37. The Kier molecular flexibility index (Phi) is 5.70. The van der Waals surface area contributed by atoms with E-state index in [4.69, 9.17) is 0 Å². The van der Waals surface area contributed by atoms with Gasteiger partial charge >= 0.3 is 6.18 Å². The molecule has 170 valence electrons. The van der Waals surface area contributed by atoms with E-state index in [0.29, 0.717) is 16.9 Å². The lowest BCUT2D eigenvalue weighted by Crippen LogP contribution is -2.24. The Morgan fingerprint density at radius 1 is 1.18 bits per heavy atom. The summed E-state index contributed by atoms with van der Waals surface area (Å²) in [6.07, 6.45) is -4.88. The van der Waals surface area contributed by atoms with Crippen molar-refractivity contribution < 1.29 is 22.9 Å². The van der Waals surface area contributed by atoms with E-state index in [-0.39, 0.29) is 0 Å². The first-order valence-electron chi connectivity index (χ1n) is 9.63. The molecule has 1 unspecified atom stereocenters. The Labute approximate surface area is 189 Å². The number of hydrogen-bond donors (Lipinski definition) is 1. The zero-order valence-electron chi connectivity index (χ0n) is 17.3. The molecule has 0 saturated heterocycles. The van der Waals surface area contributed by atoms with Crippen molar-refractivity contribution in [1.29, 1.82) is 0 Å². The van der Waals surface area contributed by atoms with Gasteiger partial charge in [-0.15, -0.1) is 10.2 Å². The van der Waals surface area contributed by atoms with E-state index in [1.165, 1.54) is 6.92 Å². The van der Waals surface area contributed by atoms with Gasteiger partial charge in [-0.3, -0.25) is 19.3 Å². The van der Waals surface area contributed by atoms with Crippen LogP contribution in [0.4, 0.5) is 24.5 Å². The zero-order valence-corrected chi connectivity index (χ0v) is 18.1. The number of nitro benzene ring substituents is 1. The summed E-state index contributed by atoms with van der Waals surface area (Å²) in [5.41, 5.74) is -0.154. The van der Waals surface area contributed by atoms with Crippen LogP contribution in [-0.2, 0) is 11.0 Å². The van der Waals surface area contributed by atoms with Gasteiger partial charge in [-0.2, -0.15) is 13.2 Å². The number of fused-ring (bicyclic) bond motifs is 3. The molecule has 0 fully saturated rings. The van der Waals surface area contributed by atoms with Gasteiger partial charge in [-0.25, -0.2) is 0 Å². The molecule has 0 radical (unpaired) electrons. The number of aryl methyl sites for hydroxylation is 1. The minimum absolute atomic E-state index is 0.397. The molecule has 0 aliphatic heterocycles. The Morgan fingerprint density at radius 2 is 1.91 bits per heavy atom. The third-order valence-electron chi connectivity index (χ3n) is 5.00. The number of carbonyl (C=O) groups excluding carboxylic acids is 1. The van der Waals surface area contributed by atoms with E-state index < -0.39 is 39.2 Å². The van der Waals surface area contributed by atoms with Gasteiger partial charge in [0.15, 0.2) is 10.8 Å². The van der Waals surface area contributed by atoms with Gasteiger partial charge in [-0.05, 0) is 37.6 Å². The van der Waals surface area contributed by atoms with Crippen LogP contribution in [0.3, 0.4) is 0 Å². The maximum atomic E-state index is 13.4. The molecule has 0 saturated carbocycles. The SMILES string of the molecule is Cc1cc2nnc(SC(C)C(=O)Nc3ccc([N+](=O)[O-])cc3C(F)(F)F)n2c2ccccc12. The van der Waals surface area contributed by atoms with Gasteiger partial charge in [0.1, 0.15) is 0 Å². The van der Waals surface area contributed by atoms with E-state index in [9.17, 15) is 28.1 Å². The monoisotopic (exact) mass is 475 g/mol. The van der Waals surface area contributed by atoms with Crippen LogP contribution in [-0.4, -0.2) is 30.7 Å².